The van der Waals surface area contributed by atoms with E-state index in [0.717, 1.165) is 5.56 Å². The number of hydrogen-bond donors (Lipinski definition) is 1. The Morgan fingerprint density at radius 1 is 0.943 bits per heavy atom. The van der Waals surface area contributed by atoms with E-state index in [0.29, 0.717) is 28.4 Å². The second kappa shape index (κ2) is 8.79. The summed E-state index contributed by atoms with van der Waals surface area (Å²) in [5.41, 5.74) is 0.663. The number of fused-ring (bicyclic) bond motifs is 3. The van der Waals surface area contributed by atoms with E-state index in [1.165, 1.54) is 24.0 Å². The molecule has 5 rings (SSSR count). The van der Waals surface area contributed by atoms with E-state index in [1.54, 1.807) is 42.5 Å². The van der Waals surface area contributed by atoms with Crippen LogP contribution in [0.2, 0.25) is 0 Å². The van der Waals surface area contributed by atoms with E-state index in [2.05, 4.69) is 5.32 Å². The third kappa shape index (κ3) is 3.58. The first-order valence-electron chi connectivity index (χ1n) is 11.3. The maximum Gasteiger partial charge on any atom is 0.271 e. The van der Waals surface area contributed by atoms with Crippen molar-refractivity contribution in [3.63, 3.8) is 0 Å². The van der Waals surface area contributed by atoms with Gasteiger partial charge in [-0.25, -0.2) is 0 Å². The summed E-state index contributed by atoms with van der Waals surface area (Å²) in [4.78, 5) is 44.0. The molecule has 0 aromatic heterocycles. The summed E-state index contributed by atoms with van der Waals surface area (Å²) in [6.07, 6.45) is 0.324. The van der Waals surface area contributed by atoms with Crippen LogP contribution in [0.1, 0.15) is 28.8 Å². The number of ether oxygens (including phenoxy) is 2. The molecule has 8 heteroatoms. The number of amides is 3. The van der Waals surface area contributed by atoms with Gasteiger partial charge in [0.15, 0.2) is 11.5 Å². The Hall–Kier alpha value is -4.33. The Morgan fingerprint density at radius 2 is 1.66 bits per heavy atom. The number of nitrogens with one attached hydrogen (secondary N) is 1. The lowest BCUT2D eigenvalue weighted by Crippen LogP contribution is -2.69. The number of hydrogen-bond acceptors (Lipinski definition) is 5. The maximum absolute atomic E-state index is 14.1. The van der Waals surface area contributed by atoms with Crippen LogP contribution in [0.15, 0.2) is 72.8 Å². The number of benzene rings is 3. The first kappa shape index (κ1) is 22.5. The number of carbonyl (C=O) groups is 3. The lowest BCUT2D eigenvalue weighted by atomic mass is 9.94. The van der Waals surface area contributed by atoms with E-state index >= 15 is 0 Å². The molecule has 3 aromatic rings. The summed E-state index contributed by atoms with van der Waals surface area (Å²) in [6, 6.07) is 21.4. The molecule has 1 N–H and O–H groups in total. The fraction of sp³-hybridized carbons (Fsp3) is 0.222. The van der Waals surface area contributed by atoms with Gasteiger partial charge < -0.3 is 19.7 Å². The Balaban J connectivity index is 1.61. The van der Waals surface area contributed by atoms with Gasteiger partial charge in [0.2, 0.25) is 11.6 Å². The van der Waals surface area contributed by atoms with Crippen molar-refractivity contribution in [2.24, 2.45) is 0 Å². The molecule has 0 saturated carbocycles. The van der Waals surface area contributed by atoms with Gasteiger partial charge in [0.25, 0.3) is 11.8 Å². The third-order valence-electron chi connectivity index (χ3n) is 6.56. The predicted molar refractivity (Wildman–Crippen MR) is 130 cm³/mol. The average molecular weight is 472 g/mol. The zero-order valence-electron chi connectivity index (χ0n) is 19.5. The summed E-state index contributed by atoms with van der Waals surface area (Å²) in [6.45, 7) is 0.178. The van der Waals surface area contributed by atoms with Crippen molar-refractivity contribution in [3.8, 4) is 11.5 Å². The molecule has 3 amide bonds. The molecule has 8 nitrogen and oxygen atoms in total. The SMILES string of the molecule is COc1ccc(NC(=O)C23CCC(=O)N2c2ccccc2C(=O)N3Cc2ccccc2)cc1OC. The molecule has 0 spiro atoms. The van der Waals surface area contributed by atoms with Crippen molar-refractivity contribution in [1.29, 1.82) is 0 Å². The largest absolute Gasteiger partial charge is 0.493 e. The lowest BCUT2D eigenvalue weighted by Gasteiger charge is -2.49. The van der Waals surface area contributed by atoms with E-state index in [4.69, 9.17) is 9.47 Å². The molecule has 1 fully saturated rings. The maximum atomic E-state index is 14.1. The highest BCUT2D eigenvalue weighted by atomic mass is 16.5. The molecule has 1 unspecified atom stereocenters. The van der Waals surface area contributed by atoms with Crippen LogP contribution in [0.3, 0.4) is 0 Å². The number of anilines is 2. The van der Waals surface area contributed by atoms with Gasteiger partial charge in [0.1, 0.15) is 0 Å². The Labute approximate surface area is 203 Å². The minimum absolute atomic E-state index is 0.145. The number of rotatable bonds is 6. The van der Waals surface area contributed by atoms with Gasteiger partial charge in [-0.3, -0.25) is 19.3 Å². The van der Waals surface area contributed by atoms with Gasteiger partial charge in [-0.15, -0.1) is 0 Å². The van der Waals surface area contributed by atoms with E-state index in [-0.39, 0.29) is 31.2 Å². The fourth-order valence-corrected chi connectivity index (χ4v) is 4.91. The van der Waals surface area contributed by atoms with Crippen LogP contribution in [-0.2, 0) is 16.1 Å². The summed E-state index contributed by atoms with van der Waals surface area (Å²) in [5.74, 6) is 0.0138. The minimum Gasteiger partial charge on any atom is -0.493 e. The van der Waals surface area contributed by atoms with Crippen LogP contribution >= 0.6 is 0 Å². The first-order valence-corrected chi connectivity index (χ1v) is 11.3. The summed E-state index contributed by atoms with van der Waals surface area (Å²) in [7, 11) is 3.04. The zero-order valence-corrected chi connectivity index (χ0v) is 19.5. The highest BCUT2D eigenvalue weighted by Gasteiger charge is 2.60. The van der Waals surface area contributed by atoms with Gasteiger partial charge in [-0.05, 0) is 29.8 Å². The molecule has 1 saturated heterocycles. The highest BCUT2D eigenvalue weighted by Crippen LogP contribution is 2.45. The van der Waals surface area contributed by atoms with Crippen molar-refractivity contribution in [2.45, 2.75) is 25.0 Å². The van der Waals surface area contributed by atoms with Crippen molar-refractivity contribution in [3.05, 3.63) is 83.9 Å². The average Bonchev–Trinajstić information content (AvgIpc) is 3.25. The third-order valence-corrected chi connectivity index (χ3v) is 6.56. The van der Waals surface area contributed by atoms with Crippen molar-refractivity contribution < 1.29 is 23.9 Å². The summed E-state index contributed by atoms with van der Waals surface area (Å²) >= 11 is 0. The topological polar surface area (TPSA) is 88.2 Å². The minimum atomic E-state index is -1.51. The zero-order chi connectivity index (χ0) is 24.6. The molecule has 1 atom stereocenters. The molecule has 178 valence electrons. The highest BCUT2D eigenvalue weighted by molar-refractivity contribution is 6.18. The lowest BCUT2D eigenvalue weighted by molar-refractivity contribution is -0.129. The van der Waals surface area contributed by atoms with E-state index < -0.39 is 11.6 Å². The number of carbonyl (C=O) groups excluding carboxylic acids is 3. The Bertz CT molecular complexity index is 1310. The normalized spacial score (nSPS) is 18.7. The Morgan fingerprint density at radius 3 is 2.40 bits per heavy atom. The first-order chi connectivity index (χ1) is 17.0. The second-order valence-electron chi connectivity index (χ2n) is 8.46. The molecule has 0 bridgehead atoms. The Kier molecular flexibility index (Phi) is 5.64. The van der Waals surface area contributed by atoms with Gasteiger partial charge in [-0.1, -0.05) is 42.5 Å². The molecular weight excluding hydrogens is 446 g/mol. The van der Waals surface area contributed by atoms with Gasteiger partial charge >= 0.3 is 0 Å². The number of para-hydroxylation sites is 1. The molecule has 2 heterocycles. The second-order valence-corrected chi connectivity index (χ2v) is 8.46. The van der Waals surface area contributed by atoms with Crippen LogP contribution < -0.4 is 19.7 Å². The van der Waals surface area contributed by atoms with Crippen molar-refractivity contribution in [1.82, 2.24) is 4.90 Å². The molecule has 35 heavy (non-hydrogen) atoms. The van der Waals surface area contributed by atoms with Crippen LogP contribution in [0.5, 0.6) is 11.5 Å². The van der Waals surface area contributed by atoms with E-state index in [9.17, 15) is 14.4 Å². The van der Waals surface area contributed by atoms with Crippen LogP contribution in [-0.4, -0.2) is 42.5 Å². The smallest absolute Gasteiger partial charge is 0.271 e. The van der Waals surface area contributed by atoms with Crippen LogP contribution in [0.4, 0.5) is 11.4 Å². The standard InChI is InChI=1S/C27H25N3O5/c1-34-22-13-12-19(16-23(22)35-2)28-26(33)27-15-14-24(31)30(27)21-11-7-6-10-20(21)25(32)29(27)17-18-8-4-3-5-9-18/h3-13,16H,14-15,17H2,1-2H3,(H,28,33). The molecule has 0 aliphatic carbocycles. The summed E-state index contributed by atoms with van der Waals surface area (Å²) < 4.78 is 10.7. The van der Waals surface area contributed by atoms with Gasteiger partial charge in [0.05, 0.1) is 25.5 Å². The predicted octanol–water partition coefficient (Wildman–Crippen LogP) is 3.82. The van der Waals surface area contributed by atoms with Gasteiger partial charge in [0, 0.05) is 31.1 Å². The number of methoxy groups -OCH3 is 2. The monoisotopic (exact) mass is 471 g/mol. The summed E-state index contributed by atoms with van der Waals surface area (Å²) in [5, 5.41) is 2.93. The number of nitrogens with zero attached hydrogens (tertiary/aromatic N) is 2. The molecule has 3 aromatic carbocycles. The van der Waals surface area contributed by atoms with Crippen molar-refractivity contribution >= 4 is 29.1 Å². The quantitative estimate of drug-likeness (QED) is 0.591. The fourth-order valence-electron chi connectivity index (χ4n) is 4.91. The molecule has 2 aliphatic rings. The molecular formula is C27H25N3O5. The molecule has 0 radical (unpaired) electrons. The van der Waals surface area contributed by atoms with E-state index in [1.807, 2.05) is 30.3 Å². The van der Waals surface area contributed by atoms with Crippen LogP contribution in [0.25, 0.3) is 0 Å². The molecule has 2 aliphatic heterocycles. The van der Waals surface area contributed by atoms with Crippen LogP contribution in [0, 0.1) is 0 Å². The van der Waals surface area contributed by atoms with Crippen molar-refractivity contribution in [2.75, 3.05) is 24.4 Å². The van der Waals surface area contributed by atoms with Gasteiger partial charge in [-0.2, -0.15) is 0 Å².